The summed E-state index contributed by atoms with van der Waals surface area (Å²) >= 11 is 1.61. The molecule has 0 amide bonds. The van der Waals surface area contributed by atoms with Gasteiger partial charge in [-0.1, -0.05) is 44.7 Å². The van der Waals surface area contributed by atoms with Crippen LogP contribution in [0.1, 0.15) is 45.2 Å². The first-order valence-electron chi connectivity index (χ1n) is 9.69. The molecule has 7 heteroatoms. The lowest BCUT2D eigenvalue weighted by Gasteiger charge is -2.38. The molecule has 1 aliphatic carbocycles. The Morgan fingerprint density at radius 3 is 2.61 bits per heavy atom. The number of thioether (sulfide) groups is 1. The molecule has 6 nitrogen and oxygen atoms in total. The van der Waals surface area contributed by atoms with Crippen LogP contribution in [0.3, 0.4) is 0 Å². The molecule has 4 rings (SSSR count). The van der Waals surface area contributed by atoms with E-state index in [1.54, 1.807) is 11.8 Å². The zero-order valence-electron chi connectivity index (χ0n) is 17.1. The Morgan fingerprint density at radius 1 is 1.25 bits per heavy atom. The fraction of sp³-hybridized carbons (Fsp3) is 0.476. The number of nitrogens with zero attached hydrogens (tertiary/aromatic N) is 4. The largest absolute Gasteiger partial charge is 0.378 e. The van der Waals surface area contributed by atoms with Crippen LogP contribution in [0.2, 0.25) is 0 Å². The van der Waals surface area contributed by atoms with Crippen LogP contribution < -0.4 is 10.2 Å². The number of carbonyl (C=O) groups excluding carboxylic acids is 1. The number of carbonyl (C=O) groups is 1. The Bertz CT molecular complexity index is 942. The summed E-state index contributed by atoms with van der Waals surface area (Å²) in [6, 6.07) is 8.15. The van der Waals surface area contributed by atoms with Crippen LogP contribution in [0.5, 0.6) is 0 Å². The van der Waals surface area contributed by atoms with Gasteiger partial charge in [0.2, 0.25) is 11.1 Å². The molecule has 1 N–H and O–H groups in total. The standard InChI is InChI=1S/C21H27N5OS/c1-6-28-20-23-19-22-15-11-21(2,3)12-16(27)17(15)18(26(19)24-20)13-7-9-14(10-8-13)25(4)5/h7-10,18H,6,11-12H2,1-5H3,(H,22,23,24). The maximum Gasteiger partial charge on any atom is 0.227 e. The van der Waals surface area contributed by atoms with Crippen LogP contribution in [0.15, 0.2) is 40.7 Å². The Labute approximate surface area is 170 Å². The molecule has 1 aromatic carbocycles. The third-order valence-corrected chi connectivity index (χ3v) is 6.03. The molecule has 1 atom stereocenters. The first-order chi connectivity index (χ1) is 13.3. The first-order valence-corrected chi connectivity index (χ1v) is 10.7. The summed E-state index contributed by atoms with van der Waals surface area (Å²) in [6.45, 7) is 6.38. The zero-order chi connectivity index (χ0) is 20.1. The number of fused-ring (bicyclic) bond motifs is 1. The van der Waals surface area contributed by atoms with Gasteiger partial charge in [-0.3, -0.25) is 4.79 Å². The number of hydrogen-bond acceptors (Lipinski definition) is 6. The maximum absolute atomic E-state index is 13.2. The van der Waals surface area contributed by atoms with Crippen molar-refractivity contribution in [1.82, 2.24) is 14.8 Å². The second-order valence-electron chi connectivity index (χ2n) is 8.44. The number of allylic oxidation sites excluding steroid dienone is 2. The van der Waals surface area contributed by atoms with Crippen LogP contribution in [0.25, 0.3) is 0 Å². The van der Waals surface area contributed by atoms with Gasteiger partial charge < -0.3 is 10.2 Å². The van der Waals surface area contributed by atoms with Gasteiger partial charge in [-0.15, -0.1) is 5.10 Å². The van der Waals surface area contributed by atoms with Crippen molar-refractivity contribution in [2.45, 2.75) is 44.8 Å². The van der Waals surface area contributed by atoms with E-state index in [-0.39, 0.29) is 17.2 Å². The third-order valence-electron chi connectivity index (χ3n) is 5.31. The average molecular weight is 398 g/mol. The Hall–Kier alpha value is -2.28. The van der Waals surface area contributed by atoms with Crippen molar-refractivity contribution < 1.29 is 4.79 Å². The van der Waals surface area contributed by atoms with Gasteiger partial charge in [-0.2, -0.15) is 4.98 Å². The van der Waals surface area contributed by atoms with Gasteiger partial charge >= 0.3 is 0 Å². The Balaban J connectivity index is 1.84. The lowest BCUT2D eigenvalue weighted by Crippen LogP contribution is -2.36. The van der Waals surface area contributed by atoms with Crippen LogP contribution in [-0.2, 0) is 4.79 Å². The zero-order valence-corrected chi connectivity index (χ0v) is 17.9. The number of rotatable bonds is 4. The van der Waals surface area contributed by atoms with Crippen molar-refractivity contribution in [3.8, 4) is 0 Å². The maximum atomic E-state index is 13.2. The number of aromatic nitrogens is 3. The first kappa shape index (κ1) is 19.1. The van der Waals surface area contributed by atoms with E-state index in [0.29, 0.717) is 6.42 Å². The van der Waals surface area contributed by atoms with E-state index in [9.17, 15) is 4.79 Å². The molecule has 0 radical (unpaired) electrons. The van der Waals surface area contributed by atoms with Crippen LogP contribution >= 0.6 is 11.8 Å². The minimum Gasteiger partial charge on any atom is -0.378 e. The van der Waals surface area contributed by atoms with Crippen molar-refractivity contribution in [3.05, 3.63) is 41.1 Å². The smallest absolute Gasteiger partial charge is 0.227 e. The average Bonchev–Trinajstić information content (AvgIpc) is 3.01. The second-order valence-corrected chi connectivity index (χ2v) is 9.67. The van der Waals surface area contributed by atoms with Gasteiger partial charge in [-0.05, 0) is 35.3 Å². The molecule has 1 aliphatic heterocycles. The molecule has 2 aliphatic rings. The quantitative estimate of drug-likeness (QED) is 0.783. The van der Waals surface area contributed by atoms with E-state index < -0.39 is 0 Å². The van der Waals surface area contributed by atoms with Crippen molar-refractivity contribution in [2.75, 3.05) is 30.1 Å². The highest BCUT2D eigenvalue weighted by atomic mass is 32.2. The summed E-state index contributed by atoms with van der Waals surface area (Å²) in [5.74, 6) is 1.83. The summed E-state index contributed by atoms with van der Waals surface area (Å²) in [5.41, 5.74) is 3.97. The second kappa shape index (κ2) is 6.95. The molecular weight excluding hydrogens is 370 g/mol. The van der Waals surface area contributed by atoms with Crippen LogP contribution in [0.4, 0.5) is 11.6 Å². The number of anilines is 2. The highest BCUT2D eigenvalue weighted by Gasteiger charge is 2.41. The normalized spacial score (nSPS) is 20.5. The van der Waals surface area contributed by atoms with Gasteiger partial charge in [0.25, 0.3) is 0 Å². The van der Waals surface area contributed by atoms with E-state index in [2.05, 4.69) is 60.2 Å². The molecule has 1 unspecified atom stereocenters. The lowest BCUT2D eigenvalue weighted by atomic mass is 9.73. The summed E-state index contributed by atoms with van der Waals surface area (Å²) in [6.07, 6.45) is 1.39. The van der Waals surface area contributed by atoms with Crippen LogP contribution in [0, 0.1) is 5.41 Å². The summed E-state index contributed by atoms with van der Waals surface area (Å²) in [4.78, 5) is 19.9. The Kier molecular flexibility index (Phi) is 4.73. The molecule has 2 aromatic rings. The minimum atomic E-state index is -0.232. The van der Waals surface area contributed by atoms with Gasteiger partial charge in [0.05, 0.1) is 0 Å². The predicted molar refractivity (Wildman–Crippen MR) is 114 cm³/mol. The summed E-state index contributed by atoms with van der Waals surface area (Å²) in [7, 11) is 4.05. The molecule has 28 heavy (non-hydrogen) atoms. The molecule has 0 spiro atoms. The van der Waals surface area contributed by atoms with Crippen molar-refractivity contribution in [2.24, 2.45) is 5.41 Å². The minimum absolute atomic E-state index is 0.0502. The monoisotopic (exact) mass is 397 g/mol. The third kappa shape index (κ3) is 3.32. The molecule has 0 bridgehead atoms. The topological polar surface area (TPSA) is 63.1 Å². The van der Waals surface area contributed by atoms with Gasteiger partial charge in [0.1, 0.15) is 6.04 Å². The van der Waals surface area contributed by atoms with E-state index in [0.717, 1.165) is 45.8 Å². The van der Waals surface area contributed by atoms with Crippen LogP contribution in [-0.4, -0.2) is 40.4 Å². The number of Topliss-reactive ketones (excluding diaryl/α,β-unsaturated/α-hetero) is 1. The molecule has 1 aromatic heterocycles. The fourth-order valence-corrected chi connectivity index (χ4v) is 4.60. The lowest BCUT2D eigenvalue weighted by molar-refractivity contribution is -0.118. The molecule has 2 heterocycles. The van der Waals surface area contributed by atoms with Crippen molar-refractivity contribution in [3.63, 3.8) is 0 Å². The summed E-state index contributed by atoms with van der Waals surface area (Å²) < 4.78 is 1.89. The Morgan fingerprint density at radius 2 is 1.96 bits per heavy atom. The molecule has 0 saturated heterocycles. The summed E-state index contributed by atoms with van der Waals surface area (Å²) in [5, 5.41) is 8.89. The van der Waals surface area contributed by atoms with Gasteiger partial charge in [-0.25, -0.2) is 4.68 Å². The van der Waals surface area contributed by atoms with E-state index >= 15 is 0 Å². The molecule has 0 saturated carbocycles. The van der Waals surface area contributed by atoms with Crippen molar-refractivity contribution in [1.29, 1.82) is 0 Å². The van der Waals surface area contributed by atoms with Gasteiger partial charge in [0, 0.05) is 37.5 Å². The predicted octanol–water partition coefficient (Wildman–Crippen LogP) is 4.11. The SMILES string of the molecule is CCSc1nc2n(n1)C(c1ccc(N(C)C)cc1)C1=C(CC(C)(C)CC1=O)N2. The highest BCUT2D eigenvalue weighted by molar-refractivity contribution is 7.99. The number of ketones is 1. The fourth-order valence-electron chi connectivity index (χ4n) is 4.04. The van der Waals surface area contributed by atoms with E-state index in [1.807, 2.05) is 18.8 Å². The number of nitrogens with one attached hydrogen (secondary N) is 1. The number of benzene rings is 1. The molecular formula is C21H27N5OS. The van der Waals surface area contributed by atoms with E-state index in [1.165, 1.54) is 0 Å². The van der Waals surface area contributed by atoms with Gasteiger partial charge in [0.15, 0.2) is 5.78 Å². The molecule has 148 valence electrons. The van der Waals surface area contributed by atoms with E-state index in [4.69, 9.17) is 5.10 Å². The molecule has 0 fully saturated rings. The van der Waals surface area contributed by atoms with Crippen molar-refractivity contribution >= 4 is 29.2 Å². The highest BCUT2D eigenvalue weighted by Crippen LogP contribution is 2.45. The number of hydrogen-bond donors (Lipinski definition) is 1.